The summed E-state index contributed by atoms with van der Waals surface area (Å²) >= 11 is 0. The van der Waals surface area contributed by atoms with Gasteiger partial charge in [-0.25, -0.2) is 0 Å². The van der Waals surface area contributed by atoms with Gasteiger partial charge in [0.15, 0.2) is 0 Å². The Morgan fingerprint density at radius 3 is 1.88 bits per heavy atom. The summed E-state index contributed by atoms with van der Waals surface area (Å²) in [5.74, 6) is 6.48. The van der Waals surface area contributed by atoms with Crippen LogP contribution in [0.25, 0.3) is 0 Å². The molecule has 1 rings (SSSR count). The Morgan fingerprint density at radius 1 is 0.846 bits per heavy atom. The summed E-state index contributed by atoms with van der Waals surface area (Å²) in [6.07, 6.45) is 17.9. The lowest BCUT2D eigenvalue weighted by molar-refractivity contribution is -0.0906. The van der Waals surface area contributed by atoms with Gasteiger partial charge < -0.3 is 9.16 Å². The van der Waals surface area contributed by atoms with E-state index in [9.17, 15) is 0 Å². The van der Waals surface area contributed by atoms with E-state index in [1.165, 1.54) is 83.1 Å². The third-order valence-corrected chi connectivity index (χ3v) is 7.24. The van der Waals surface area contributed by atoms with Gasteiger partial charge in [0.05, 0.1) is 19.8 Å². The first kappa shape index (κ1) is 23.7. The molecule has 1 aliphatic heterocycles. The second-order valence-corrected chi connectivity index (χ2v) is 10.5. The molecular weight excluding hydrogens is 336 g/mol. The predicted molar refractivity (Wildman–Crippen MR) is 115 cm³/mol. The van der Waals surface area contributed by atoms with E-state index in [0.29, 0.717) is 12.0 Å². The molecule has 3 heteroatoms. The van der Waals surface area contributed by atoms with E-state index < -0.39 is 9.04 Å². The Morgan fingerprint density at radius 2 is 1.38 bits per heavy atom. The Labute approximate surface area is 165 Å². The molecule has 0 spiro atoms. The second kappa shape index (κ2) is 15.7. The van der Waals surface area contributed by atoms with Crippen LogP contribution in [0.15, 0.2) is 0 Å². The standard InChI is InChI=1S/C23H43O2Si/c1-4-5-6-7-8-9-10-11-12-13-14-15-16-17-18-19-25-26(3)22-23(2)20-24-21-23/h4-16,19-22H2,1-3H3. The van der Waals surface area contributed by atoms with Crippen molar-refractivity contribution >= 4 is 9.04 Å². The van der Waals surface area contributed by atoms with Crippen molar-refractivity contribution in [2.45, 2.75) is 110 Å². The zero-order chi connectivity index (χ0) is 18.9. The summed E-state index contributed by atoms with van der Waals surface area (Å²) in [5, 5.41) is 0. The first-order chi connectivity index (χ1) is 12.7. The lowest BCUT2D eigenvalue weighted by Gasteiger charge is -2.39. The quantitative estimate of drug-likeness (QED) is 0.168. The van der Waals surface area contributed by atoms with Crippen LogP contribution in [0.2, 0.25) is 12.6 Å². The summed E-state index contributed by atoms with van der Waals surface area (Å²) in [6, 6.07) is 1.18. The summed E-state index contributed by atoms with van der Waals surface area (Å²) < 4.78 is 11.2. The summed E-state index contributed by atoms with van der Waals surface area (Å²) in [4.78, 5) is 0. The molecule has 0 atom stereocenters. The molecule has 1 aliphatic rings. The van der Waals surface area contributed by atoms with E-state index in [0.717, 1.165) is 19.6 Å². The Hall–Kier alpha value is -0.303. The third kappa shape index (κ3) is 13.0. The molecular formula is C23H43O2Si. The molecule has 1 radical (unpaired) electrons. The molecule has 0 aromatic carbocycles. The molecule has 0 N–H and O–H groups in total. The van der Waals surface area contributed by atoms with Crippen LogP contribution < -0.4 is 0 Å². The van der Waals surface area contributed by atoms with Gasteiger partial charge in [-0.05, 0) is 19.0 Å². The fourth-order valence-electron chi connectivity index (χ4n) is 3.56. The van der Waals surface area contributed by atoms with Crippen molar-refractivity contribution < 1.29 is 9.16 Å². The SMILES string of the molecule is CCCCCCCCCCCCCCC#CCO[Si](C)CC1(C)COC1. The second-order valence-electron chi connectivity index (χ2n) is 8.46. The zero-order valence-electron chi connectivity index (χ0n) is 17.8. The van der Waals surface area contributed by atoms with Gasteiger partial charge in [0.25, 0.3) is 0 Å². The number of hydrogen-bond acceptors (Lipinski definition) is 2. The normalized spacial score (nSPS) is 15.5. The van der Waals surface area contributed by atoms with E-state index >= 15 is 0 Å². The first-order valence-corrected chi connectivity index (χ1v) is 13.3. The number of hydrogen-bond donors (Lipinski definition) is 0. The molecule has 2 nitrogen and oxygen atoms in total. The van der Waals surface area contributed by atoms with Crippen LogP contribution in [0.1, 0.15) is 97.3 Å². The van der Waals surface area contributed by atoms with Crippen LogP contribution in [-0.2, 0) is 9.16 Å². The van der Waals surface area contributed by atoms with E-state index in [1.54, 1.807) is 0 Å². The van der Waals surface area contributed by atoms with Crippen LogP contribution in [0.5, 0.6) is 0 Å². The highest BCUT2D eigenvalue weighted by Crippen LogP contribution is 2.32. The minimum Gasteiger partial charge on any atom is -0.406 e. The van der Waals surface area contributed by atoms with Gasteiger partial charge >= 0.3 is 0 Å². The van der Waals surface area contributed by atoms with Crippen molar-refractivity contribution in [2.75, 3.05) is 19.8 Å². The maximum atomic E-state index is 5.90. The molecule has 0 saturated carbocycles. The van der Waals surface area contributed by atoms with Crippen molar-refractivity contribution in [1.82, 2.24) is 0 Å². The van der Waals surface area contributed by atoms with Gasteiger partial charge in [0.2, 0.25) is 9.04 Å². The van der Waals surface area contributed by atoms with Gasteiger partial charge in [-0.1, -0.05) is 90.4 Å². The monoisotopic (exact) mass is 379 g/mol. The highest BCUT2D eigenvalue weighted by atomic mass is 28.3. The van der Waals surface area contributed by atoms with Gasteiger partial charge in [0.1, 0.15) is 0 Å². The van der Waals surface area contributed by atoms with E-state index in [-0.39, 0.29) is 0 Å². The minimum absolute atomic E-state index is 0.380. The van der Waals surface area contributed by atoms with Crippen molar-refractivity contribution in [2.24, 2.45) is 5.41 Å². The maximum Gasteiger partial charge on any atom is 0.210 e. The molecule has 1 fully saturated rings. The highest BCUT2D eigenvalue weighted by molar-refractivity contribution is 6.50. The maximum absolute atomic E-state index is 5.90. The smallest absolute Gasteiger partial charge is 0.210 e. The number of ether oxygens (including phenoxy) is 1. The molecule has 151 valence electrons. The van der Waals surface area contributed by atoms with Crippen LogP contribution in [0.3, 0.4) is 0 Å². The molecule has 26 heavy (non-hydrogen) atoms. The van der Waals surface area contributed by atoms with Crippen molar-refractivity contribution in [3.05, 3.63) is 0 Å². The van der Waals surface area contributed by atoms with Crippen LogP contribution in [-0.4, -0.2) is 28.9 Å². The van der Waals surface area contributed by atoms with Gasteiger partial charge in [0, 0.05) is 11.8 Å². The molecule has 0 unspecified atom stereocenters. The molecule has 0 aliphatic carbocycles. The molecule has 0 aromatic rings. The zero-order valence-corrected chi connectivity index (χ0v) is 18.8. The number of unbranched alkanes of at least 4 members (excludes halogenated alkanes) is 12. The fraction of sp³-hybridized carbons (Fsp3) is 0.913. The van der Waals surface area contributed by atoms with Crippen molar-refractivity contribution in [3.63, 3.8) is 0 Å². The average Bonchev–Trinajstić information content (AvgIpc) is 2.60. The largest absolute Gasteiger partial charge is 0.406 e. The molecule has 0 amide bonds. The van der Waals surface area contributed by atoms with Gasteiger partial charge in [-0.2, -0.15) is 0 Å². The van der Waals surface area contributed by atoms with Crippen LogP contribution in [0, 0.1) is 17.3 Å². The van der Waals surface area contributed by atoms with E-state index in [4.69, 9.17) is 9.16 Å². The highest BCUT2D eigenvalue weighted by Gasteiger charge is 2.35. The third-order valence-electron chi connectivity index (χ3n) is 5.25. The minimum atomic E-state index is -0.709. The molecule has 1 saturated heterocycles. The molecule has 0 bridgehead atoms. The summed E-state index contributed by atoms with van der Waals surface area (Å²) in [5.41, 5.74) is 0.380. The Balaban J connectivity index is 1.78. The lowest BCUT2D eigenvalue weighted by Crippen LogP contribution is -2.42. The Bertz CT molecular complexity index is 381. The van der Waals surface area contributed by atoms with E-state index in [2.05, 4.69) is 32.2 Å². The topological polar surface area (TPSA) is 18.5 Å². The lowest BCUT2D eigenvalue weighted by atomic mass is 9.92. The van der Waals surface area contributed by atoms with E-state index in [1.807, 2.05) is 0 Å². The van der Waals surface area contributed by atoms with Crippen molar-refractivity contribution in [3.8, 4) is 11.8 Å². The first-order valence-electron chi connectivity index (χ1n) is 11.1. The summed E-state index contributed by atoms with van der Waals surface area (Å²) in [6.45, 7) is 9.27. The fourth-order valence-corrected chi connectivity index (χ4v) is 5.38. The average molecular weight is 380 g/mol. The Kier molecular flexibility index (Phi) is 14.4. The molecule has 1 heterocycles. The van der Waals surface area contributed by atoms with Gasteiger partial charge in [-0.3, -0.25) is 0 Å². The van der Waals surface area contributed by atoms with Gasteiger partial charge in [-0.15, -0.1) is 5.92 Å². The van der Waals surface area contributed by atoms with Crippen molar-refractivity contribution in [1.29, 1.82) is 0 Å². The number of rotatable bonds is 16. The predicted octanol–water partition coefficient (Wildman–Crippen LogP) is 6.76. The summed E-state index contributed by atoms with van der Waals surface area (Å²) in [7, 11) is -0.709. The van der Waals surface area contributed by atoms with Crippen LogP contribution in [0.4, 0.5) is 0 Å². The van der Waals surface area contributed by atoms with Crippen LogP contribution >= 0.6 is 0 Å². The molecule has 0 aromatic heterocycles.